The highest BCUT2D eigenvalue weighted by atomic mass is 35.5. The van der Waals surface area contributed by atoms with Gasteiger partial charge in [-0.05, 0) is 49.7 Å². The summed E-state index contributed by atoms with van der Waals surface area (Å²) < 4.78 is 0. The Morgan fingerprint density at radius 3 is 2.65 bits per heavy atom. The van der Waals surface area contributed by atoms with Gasteiger partial charge in [0.15, 0.2) is 0 Å². The highest BCUT2D eigenvalue weighted by molar-refractivity contribution is 6.32. The molecule has 0 radical (unpaired) electrons. The first-order valence-corrected chi connectivity index (χ1v) is 7.72. The molecule has 1 aromatic rings. The van der Waals surface area contributed by atoms with Crippen molar-refractivity contribution in [1.82, 2.24) is 0 Å². The molecule has 4 nitrogen and oxygen atoms in total. The van der Waals surface area contributed by atoms with E-state index < -0.39 is 4.92 Å². The molecule has 1 aromatic carbocycles. The second kappa shape index (κ2) is 5.60. The summed E-state index contributed by atoms with van der Waals surface area (Å²) in [4.78, 5) is 10.3. The van der Waals surface area contributed by atoms with Crippen LogP contribution in [0.2, 0.25) is 5.02 Å². The van der Waals surface area contributed by atoms with Crippen molar-refractivity contribution < 1.29 is 4.92 Å². The lowest BCUT2D eigenvalue weighted by Crippen LogP contribution is -2.28. The monoisotopic (exact) mass is 294 g/mol. The van der Waals surface area contributed by atoms with E-state index in [9.17, 15) is 10.1 Å². The van der Waals surface area contributed by atoms with E-state index in [0.717, 1.165) is 17.5 Å². The summed E-state index contributed by atoms with van der Waals surface area (Å²) in [6, 6.07) is 5.38. The van der Waals surface area contributed by atoms with Crippen molar-refractivity contribution in [3.8, 4) is 0 Å². The number of nitro groups is 1. The van der Waals surface area contributed by atoms with Gasteiger partial charge < -0.3 is 5.32 Å². The Morgan fingerprint density at radius 2 is 2.00 bits per heavy atom. The molecule has 0 aromatic heterocycles. The van der Waals surface area contributed by atoms with Crippen molar-refractivity contribution in [2.24, 2.45) is 11.8 Å². The maximum Gasteiger partial charge on any atom is 0.288 e. The fourth-order valence-electron chi connectivity index (χ4n) is 3.33. The minimum Gasteiger partial charge on any atom is -0.382 e. The number of nitrogens with zero attached hydrogens (tertiary/aromatic N) is 1. The quantitative estimate of drug-likeness (QED) is 0.650. The average Bonchev–Trinajstić information content (AvgIpc) is 3.23. The third kappa shape index (κ3) is 3.06. The second-order valence-corrected chi connectivity index (χ2v) is 6.44. The maximum atomic E-state index is 10.7. The molecule has 3 rings (SSSR count). The molecule has 20 heavy (non-hydrogen) atoms. The molecule has 2 unspecified atom stereocenters. The smallest absolute Gasteiger partial charge is 0.288 e. The van der Waals surface area contributed by atoms with Crippen molar-refractivity contribution in [1.29, 1.82) is 0 Å². The molecule has 5 heteroatoms. The van der Waals surface area contributed by atoms with Gasteiger partial charge in [-0.2, -0.15) is 0 Å². The normalized spacial score (nSPS) is 26.2. The topological polar surface area (TPSA) is 55.2 Å². The largest absolute Gasteiger partial charge is 0.382 e. The van der Waals surface area contributed by atoms with Gasteiger partial charge in [0.25, 0.3) is 5.69 Å². The van der Waals surface area contributed by atoms with Crippen LogP contribution in [0.1, 0.15) is 38.5 Å². The summed E-state index contributed by atoms with van der Waals surface area (Å²) in [6.45, 7) is 0. The number of hydrogen-bond acceptors (Lipinski definition) is 3. The highest BCUT2D eigenvalue weighted by Gasteiger charge is 2.34. The zero-order valence-electron chi connectivity index (χ0n) is 11.3. The van der Waals surface area contributed by atoms with Crippen LogP contribution < -0.4 is 5.32 Å². The number of rotatable bonds is 4. The van der Waals surface area contributed by atoms with E-state index in [-0.39, 0.29) is 10.7 Å². The zero-order chi connectivity index (χ0) is 14.1. The van der Waals surface area contributed by atoms with Crippen LogP contribution in [-0.2, 0) is 0 Å². The van der Waals surface area contributed by atoms with Gasteiger partial charge in [0.05, 0.1) is 4.92 Å². The van der Waals surface area contributed by atoms with Crippen LogP contribution in [0.4, 0.5) is 11.4 Å². The number of hydrogen-bond donors (Lipinski definition) is 1. The van der Waals surface area contributed by atoms with E-state index in [1.165, 1.54) is 44.6 Å². The molecule has 2 aliphatic carbocycles. The summed E-state index contributed by atoms with van der Waals surface area (Å²) in [6.07, 6.45) is 7.85. The Balaban J connectivity index is 1.64. The minimum absolute atomic E-state index is 0.0308. The molecular weight excluding hydrogens is 276 g/mol. The maximum absolute atomic E-state index is 10.7. The van der Waals surface area contributed by atoms with Crippen molar-refractivity contribution in [3.05, 3.63) is 33.3 Å². The zero-order valence-corrected chi connectivity index (χ0v) is 12.1. The Morgan fingerprint density at radius 1 is 1.20 bits per heavy atom. The lowest BCUT2D eigenvalue weighted by atomic mass is 9.82. The predicted octanol–water partition coefficient (Wildman–Crippen LogP) is 4.63. The first-order valence-electron chi connectivity index (χ1n) is 7.34. The van der Waals surface area contributed by atoms with E-state index in [4.69, 9.17) is 11.6 Å². The fourth-order valence-corrected chi connectivity index (χ4v) is 3.58. The number of benzene rings is 1. The Labute approximate surface area is 123 Å². The van der Waals surface area contributed by atoms with E-state index >= 15 is 0 Å². The van der Waals surface area contributed by atoms with Gasteiger partial charge in [-0.25, -0.2) is 0 Å². The highest BCUT2D eigenvalue weighted by Crippen LogP contribution is 2.44. The Kier molecular flexibility index (Phi) is 3.83. The summed E-state index contributed by atoms with van der Waals surface area (Å²) >= 11 is 5.95. The molecular formula is C15H19ClN2O2. The van der Waals surface area contributed by atoms with Crippen LogP contribution in [0.25, 0.3) is 0 Å². The van der Waals surface area contributed by atoms with Gasteiger partial charge in [-0.1, -0.05) is 24.4 Å². The molecule has 1 N–H and O–H groups in total. The van der Waals surface area contributed by atoms with Crippen LogP contribution in [-0.4, -0.2) is 11.0 Å². The van der Waals surface area contributed by atoms with E-state index in [1.54, 1.807) is 12.1 Å². The van der Waals surface area contributed by atoms with Crippen molar-refractivity contribution in [2.75, 3.05) is 5.32 Å². The van der Waals surface area contributed by atoms with Crippen molar-refractivity contribution in [3.63, 3.8) is 0 Å². The number of anilines is 1. The third-order valence-electron chi connectivity index (χ3n) is 4.52. The van der Waals surface area contributed by atoms with Gasteiger partial charge >= 0.3 is 0 Å². The van der Waals surface area contributed by atoms with E-state index in [1.807, 2.05) is 0 Å². The summed E-state index contributed by atoms with van der Waals surface area (Å²) in [7, 11) is 0. The van der Waals surface area contributed by atoms with Crippen LogP contribution >= 0.6 is 11.6 Å². The lowest BCUT2D eigenvalue weighted by Gasteiger charge is -2.30. The van der Waals surface area contributed by atoms with Gasteiger partial charge in [0.1, 0.15) is 5.02 Å². The Hall–Kier alpha value is -1.29. The van der Waals surface area contributed by atoms with Crippen LogP contribution in [0.5, 0.6) is 0 Å². The molecule has 0 bridgehead atoms. The molecule has 0 heterocycles. The van der Waals surface area contributed by atoms with Crippen LogP contribution in [0.15, 0.2) is 18.2 Å². The second-order valence-electron chi connectivity index (χ2n) is 6.03. The Bertz CT molecular complexity index is 517. The van der Waals surface area contributed by atoms with Gasteiger partial charge in [0, 0.05) is 17.8 Å². The standard InChI is InChI=1S/C15H19ClN2O2/c16-14-9-13(6-7-15(14)18(19)20)17-12-3-1-2-11(8-12)10-4-5-10/h6-7,9-12,17H,1-5,8H2. The number of nitrogens with one attached hydrogen (secondary N) is 1. The molecule has 2 fully saturated rings. The molecule has 0 aliphatic heterocycles. The van der Waals surface area contributed by atoms with Crippen molar-refractivity contribution >= 4 is 23.0 Å². The first-order chi connectivity index (χ1) is 9.63. The van der Waals surface area contributed by atoms with Crippen LogP contribution in [0, 0.1) is 22.0 Å². The molecule has 2 saturated carbocycles. The SMILES string of the molecule is O=[N+]([O-])c1ccc(NC2CCCC(C3CC3)C2)cc1Cl. The van der Waals surface area contributed by atoms with Gasteiger partial charge in [0.2, 0.25) is 0 Å². The van der Waals surface area contributed by atoms with E-state index in [2.05, 4.69) is 5.32 Å². The van der Waals surface area contributed by atoms with Gasteiger partial charge in [-0.3, -0.25) is 10.1 Å². The molecule has 2 aliphatic rings. The van der Waals surface area contributed by atoms with E-state index in [0.29, 0.717) is 6.04 Å². The van der Waals surface area contributed by atoms with Crippen molar-refractivity contribution in [2.45, 2.75) is 44.6 Å². The summed E-state index contributed by atoms with van der Waals surface area (Å²) in [5, 5.41) is 14.4. The average molecular weight is 295 g/mol. The number of halogens is 1. The predicted molar refractivity (Wildman–Crippen MR) is 80.2 cm³/mol. The molecule has 2 atom stereocenters. The molecule has 0 spiro atoms. The third-order valence-corrected chi connectivity index (χ3v) is 4.82. The first kappa shape index (κ1) is 13.7. The van der Waals surface area contributed by atoms with Crippen LogP contribution in [0.3, 0.4) is 0 Å². The molecule has 0 saturated heterocycles. The molecule has 0 amide bonds. The summed E-state index contributed by atoms with van der Waals surface area (Å²) in [5.74, 6) is 1.83. The number of nitro benzene ring substituents is 1. The lowest BCUT2D eigenvalue weighted by molar-refractivity contribution is -0.384. The minimum atomic E-state index is -0.449. The van der Waals surface area contributed by atoms with Gasteiger partial charge in [-0.15, -0.1) is 0 Å². The summed E-state index contributed by atoms with van der Waals surface area (Å²) in [5.41, 5.74) is 0.860. The fraction of sp³-hybridized carbons (Fsp3) is 0.600. The molecule has 108 valence electrons.